The monoisotopic (exact) mass is 522 g/mol. The zero-order valence-corrected chi connectivity index (χ0v) is 20.8. The van der Waals surface area contributed by atoms with E-state index in [0.29, 0.717) is 33.4 Å². The van der Waals surface area contributed by atoms with Crippen LogP contribution in [-0.2, 0) is 5.41 Å². The van der Waals surface area contributed by atoms with Gasteiger partial charge >= 0.3 is 0 Å². The molecule has 6 aromatic carbocycles. The molecule has 0 saturated heterocycles. The lowest BCUT2D eigenvalue weighted by Crippen LogP contribution is -2.32. The van der Waals surface area contributed by atoms with Crippen LogP contribution in [0.1, 0.15) is 22.3 Å². The Hall–Kier alpha value is -5.56. The van der Waals surface area contributed by atoms with E-state index >= 15 is 0 Å². The molecule has 8 rings (SSSR count). The number of non-ortho nitro benzene ring substituents is 2. The molecule has 0 bridgehead atoms. The SMILES string of the molecule is O=[N+]([O-])c1ccc2c(c1)C1(c3ccccc3-2)c2ccc3ccccc3c2Oc2c1cc([N+](=O)[O-])c1ccccc21. The van der Waals surface area contributed by atoms with Crippen molar-refractivity contribution in [3.63, 3.8) is 0 Å². The van der Waals surface area contributed by atoms with Crippen molar-refractivity contribution in [3.8, 4) is 22.6 Å². The van der Waals surface area contributed by atoms with Gasteiger partial charge in [-0.3, -0.25) is 20.2 Å². The summed E-state index contributed by atoms with van der Waals surface area (Å²) in [6.45, 7) is 0. The molecule has 1 heterocycles. The average Bonchev–Trinajstić information content (AvgIpc) is 3.27. The third kappa shape index (κ3) is 2.68. The second-order valence-corrected chi connectivity index (χ2v) is 10.1. The van der Waals surface area contributed by atoms with E-state index in [-0.39, 0.29) is 16.3 Å². The van der Waals surface area contributed by atoms with Gasteiger partial charge in [0, 0.05) is 40.1 Å². The minimum Gasteiger partial charge on any atom is -0.455 e. The van der Waals surface area contributed by atoms with Crippen LogP contribution < -0.4 is 4.74 Å². The van der Waals surface area contributed by atoms with Crippen molar-refractivity contribution in [1.82, 2.24) is 0 Å². The smallest absolute Gasteiger partial charge is 0.277 e. The molecule has 0 radical (unpaired) electrons. The van der Waals surface area contributed by atoms with Crippen molar-refractivity contribution in [3.05, 3.63) is 152 Å². The summed E-state index contributed by atoms with van der Waals surface area (Å²) in [6, 6.07) is 33.5. The molecule has 0 fully saturated rings. The molecule has 1 aliphatic carbocycles. The topological polar surface area (TPSA) is 95.5 Å². The Labute approximate surface area is 227 Å². The van der Waals surface area contributed by atoms with Gasteiger partial charge < -0.3 is 4.74 Å². The molecule has 40 heavy (non-hydrogen) atoms. The van der Waals surface area contributed by atoms with E-state index in [4.69, 9.17) is 4.74 Å². The molecule has 0 N–H and O–H groups in total. The Morgan fingerprint density at radius 2 is 1.23 bits per heavy atom. The van der Waals surface area contributed by atoms with Crippen molar-refractivity contribution in [2.75, 3.05) is 0 Å². The second-order valence-electron chi connectivity index (χ2n) is 10.1. The highest BCUT2D eigenvalue weighted by molar-refractivity contribution is 6.02. The molecule has 6 aromatic rings. The van der Waals surface area contributed by atoms with Crippen LogP contribution in [0.25, 0.3) is 32.7 Å². The quantitative estimate of drug-likeness (QED) is 0.168. The minimum atomic E-state index is -1.08. The van der Waals surface area contributed by atoms with Gasteiger partial charge in [0.1, 0.15) is 11.5 Å². The van der Waals surface area contributed by atoms with Gasteiger partial charge in [0.15, 0.2) is 0 Å². The number of benzene rings is 6. The van der Waals surface area contributed by atoms with Gasteiger partial charge in [-0.25, -0.2) is 0 Å². The first-order chi connectivity index (χ1) is 19.5. The number of ether oxygens (including phenoxy) is 1. The van der Waals surface area contributed by atoms with Crippen molar-refractivity contribution in [2.45, 2.75) is 5.41 Å². The minimum absolute atomic E-state index is 0.0436. The van der Waals surface area contributed by atoms with Crippen LogP contribution in [0.4, 0.5) is 11.4 Å². The predicted molar refractivity (Wildman–Crippen MR) is 152 cm³/mol. The summed E-state index contributed by atoms with van der Waals surface area (Å²) < 4.78 is 6.78. The predicted octanol–water partition coefficient (Wildman–Crippen LogP) is 8.28. The summed E-state index contributed by atoms with van der Waals surface area (Å²) in [5, 5.41) is 27.4. The van der Waals surface area contributed by atoms with Crippen LogP contribution in [0, 0.1) is 20.2 Å². The average molecular weight is 523 g/mol. The molecule has 1 spiro atoms. The van der Waals surface area contributed by atoms with Gasteiger partial charge in [-0.15, -0.1) is 0 Å². The lowest BCUT2D eigenvalue weighted by molar-refractivity contribution is -0.384. The number of fused-ring (bicyclic) bond motifs is 13. The summed E-state index contributed by atoms with van der Waals surface area (Å²) in [5.41, 5.74) is 3.58. The highest BCUT2D eigenvalue weighted by Gasteiger charge is 2.53. The third-order valence-corrected chi connectivity index (χ3v) is 8.30. The van der Waals surface area contributed by atoms with Crippen molar-refractivity contribution in [2.24, 2.45) is 0 Å². The second kappa shape index (κ2) is 7.74. The van der Waals surface area contributed by atoms with Crippen LogP contribution in [0.2, 0.25) is 0 Å². The molecule has 0 aromatic heterocycles. The maximum atomic E-state index is 12.4. The van der Waals surface area contributed by atoms with E-state index in [2.05, 4.69) is 0 Å². The Morgan fingerprint density at radius 3 is 2.02 bits per heavy atom. The molecule has 7 nitrogen and oxygen atoms in total. The molecule has 1 atom stereocenters. The van der Waals surface area contributed by atoms with Gasteiger partial charge in [-0.2, -0.15) is 0 Å². The van der Waals surface area contributed by atoms with Gasteiger partial charge in [0.05, 0.1) is 20.6 Å². The zero-order valence-electron chi connectivity index (χ0n) is 20.8. The van der Waals surface area contributed by atoms with Crippen LogP contribution in [0.15, 0.2) is 109 Å². The fraction of sp³-hybridized carbons (Fsp3) is 0.0303. The van der Waals surface area contributed by atoms with Crippen LogP contribution >= 0.6 is 0 Å². The van der Waals surface area contributed by atoms with Gasteiger partial charge in [0.25, 0.3) is 11.4 Å². The normalized spacial score (nSPS) is 16.2. The fourth-order valence-electron chi connectivity index (χ4n) is 6.73. The standard InChI is InChI=1S/C33H18N2O5/c36-34(37)20-14-15-23-22-9-5-6-12-26(22)33(28(23)17-20)27-16-13-19-7-1-2-8-21(19)31(27)40-32-25-11-4-3-10-24(25)30(35(38)39)18-29(32)33/h1-18H. The largest absolute Gasteiger partial charge is 0.455 e. The number of nitrogens with zero attached hydrogens (tertiary/aromatic N) is 2. The number of hydrogen-bond donors (Lipinski definition) is 0. The van der Waals surface area contributed by atoms with Gasteiger partial charge in [-0.1, -0.05) is 78.9 Å². The number of rotatable bonds is 2. The maximum Gasteiger partial charge on any atom is 0.277 e. The first-order valence-corrected chi connectivity index (χ1v) is 12.8. The Bertz CT molecular complexity index is 2120. The van der Waals surface area contributed by atoms with Crippen molar-refractivity contribution in [1.29, 1.82) is 0 Å². The number of nitro groups is 2. The number of hydrogen-bond acceptors (Lipinski definition) is 5. The molecule has 2 aliphatic rings. The summed E-state index contributed by atoms with van der Waals surface area (Å²) in [7, 11) is 0. The lowest BCUT2D eigenvalue weighted by atomic mass is 9.65. The molecule has 190 valence electrons. The van der Waals surface area contributed by atoms with E-state index in [1.165, 1.54) is 6.07 Å². The van der Waals surface area contributed by atoms with E-state index in [1.807, 2.05) is 72.8 Å². The summed E-state index contributed by atoms with van der Waals surface area (Å²) in [4.78, 5) is 23.7. The summed E-state index contributed by atoms with van der Waals surface area (Å²) in [5.74, 6) is 1.15. The highest BCUT2D eigenvalue weighted by atomic mass is 16.6. The van der Waals surface area contributed by atoms with Crippen molar-refractivity contribution < 1.29 is 14.6 Å². The first-order valence-electron chi connectivity index (χ1n) is 12.8. The molecular formula is C33H18N2O5. The van der Waals surface area contributed by atoms with Crippen LogP contribution in [0.5, 0.6) is 11.5 Å². The molecule has 0 saturated carbocycles. The maximum absolute atomic E-state index is 12.4. The lowest BCUT2D eigenvalue weighted by Gasteiger charge is -2.40. The molecule has 7 heteroatoms. The number of nitro benzene ring substituents is 2. The first kappa shape index (κ1) is 22.4. The Balaban J connectivity index is 1.65. The van der Waals surface area contributed by atoms with E-state index in [9.17, 15) is 20.2 Å². The fourth-order valence-corrected chi connectivity index (χ4v) is 6.73. The van der Waals surface area contributed by atoms with E-state index < -0.39 is 10.3 Å². The van der Waals surface area contributed by atoms with E-state index in [1.54, 1.807) is 30.3 Å². The van der Waals surface area contributed by atoms with Crippen LogP contribution in [0.3, 0.4) is 0 Å². The Morgan fingerprint density at radius 1 is 0.550 bits per heavy atom. The van der Waals surface area contributed by atoms with Crippen molar-refractivity contribution >= 4 is 32.9 Å². The zero-order chi connectivity index (χ0) is 27.2. The molecular weight excluding hydrogens is 504 g/mol. The molecule has 0 amide bonds. The molecule has 1 aliphatic heterocycles. The summed E-state index contributed by atoms with van der Waals surface area (Å²) in [6.07, 6.45) is 0. The van der Waals surface area contributed by atoms with E-state index in [0.717, 1.165) is 33.0 Å². The molecule has 1 unspecified atom stereocenters. The van der Waals surface area contributed by atoms with Gasteiger partial charge in [0.2, 0.25) is 0 Å². The van der Waals surface area contributed by atoms with Gasteiger partial charge in [-0.05, 0) is 39.8 Å². The third-order valence-electron chi connectivity index (χ3n) is 8.30. The summed E-state index contributed by atoms with van der Waals surface area (Å²) >= 11 is 0. The Kier molecular flexibility index (Phi) is 4.34. The van der Waals surface area contributed by atoms with Crippen LogP contribution in [-0.4, -0.2) is 9.85 Å². The highest BCUT2D eigenvalue weighted by Crippen LogP contribution is 2.64.